The SMILES string of the molecule is CC/C=C\C/C=C\CC(O)/C=C/C=C\C/C=C\C/C=C\CCC(=O)OC[C@H](COP(=O)(O)O)OC(=O)CCCCCCCCC/C=C\C/C=C\CCCCC. The predicted octanol–water partition coefficient (Wildman–Crippen LogP) is 11.6. The van der Waals surface area contributed by atoms with E-state index in [1.165, 1.54) is 38.5 Å². The second-order valence-electron chi connectivity index (χ2n) is 13.4. The van der Waals surface area contributed by atoms with Gasteiger partial charge in [0, 0.05) is 12.8 Å². The quantitative estimate of drug-likeness (QED) is 0.0186. The van der Waals surface area contributed by atoms with Crippen molar-refractivity contribution >= 4 is 19.8 Å². The van der Waals surface area contributed by atoms with Gasteiger partial charge in [-0.25, -0.2) is 4.57 Å². The van der Waals surface area contributed by atoms with Gasteiger partial charge in [0.15, 0.2) is 6.10 Å². The molecule has 0 aromatic rings. The van der Waals surface area contributed by atoms with Gasteiger partial charge in [0.2, 0.25) is 0 Å². The number of unbranched alkanes of at least 4 members (excludes halogenated alkanes) is 10. The molecule has 0 aromatic carbocycles. The lowest BCUT2D eigenvalue weighted by Gasteiger charge is -2.18. The lowest BCUT2D eigenvalue weighted by Crippen LogP contribution is -2.29. The summed E-state index contributed by atoms with van der Waals surface area (Å²) in [6.07, 6.45) is 50.2. The number of aliphatic hydroxyl groups excluding tert-OH is 1. The number of rotatable bonds is 36. The molecule has 0 bridgehead atoms. The van der Waals surface area contributed by atoms with E-state index in [2.05, 4.69) is 60.9 Å². The molecule has 0 aliphatic carbocycles. The van der Waals surface area contributed by atoms with E-state index < -0.39 is 38.6 Å². The molecule has 3 N–H and O–H groups in total. The molecule has 0 saturated carbocycles. The maximum Gasteiger partial charge on any atom is 0.469 e. The topological polar surface area (TPSA) is 140 Å². The summed E-state index contributed by atoms with van der Waals surface area (Å²) < 4.78 is 26.3. The Kier molecular flexibility index (Phi) is 37.0. The third-order valence-electron chi connectivity index (χ3n) is 8.18. The van der Waals surface area contributed by atoms with Crippen LogP contribution in [0.5, 0.6) is 0 Å². The molecule has 0 rings (SSSR count). The van der Waals surface area contributed by atoms with Gasteiger partial charge in [-0.1, -0.05) is 156 Å². The average Bonchev–Trinajstić information content (AvgIpc) is 3.15. The van der Waals surface area contributed by atoms with Crippen molar-refractivity contribution in [3.63, 3.8) is 0 Å². The zero-order valence-electron chi connectivity index (χ0n) is 33.9. The number of hydrogen-bond donors (Lipinski definition) is 3. The van der Waals surface area contributed by atoms with Crippen molar-refractivity contribution in [2.75, 3.05) is 13.2 Å². The summed E-state index contributed by atoms with van der Waals surface area (Å²) in [5.74, 6) is -1.03. The van der Waals surface area contributed by atoms with Crippen LogP contribution in [0.3, 0.4) is 0 Å². The summed E-state index contributed by atoms with van der Waals surface area (Å²) in [5, 5.41) is 9.97. The minimum Gasteiger partial charge on any atom is -0.462 e. The molecule has 0 radical (unpaired) electrons. The Morgan fingerprint density at radius 1 is 0.582 bits per heavy atom. The smallest absolute Gasteiger partial charge is 0.462 e. The fraction of sp³-hybridized carbons (Fsp3) is 0.600. The van der Waals surface area contributed by atoms with Crippen LogP contribution in [0.2, 0.25) is 0 Å². The number of aliphatic hydroxyl groups is 1. The minimum absolute atomic E-state index is 0.112. The highest BCUT2D eigenvalue weighted by atomic mass is 31.2. The standard InChI is InChI=1S/C45H73O9P/c1-3-5-7-9-11-12-13-14-15-16-17-18-19-24-27-31-35-39-45(48)54-43(41-53-55(49,50)51)40-52-44(47)38-34-30-26-23-21-20-22-25-29-33-37-42(46)36-32-28-10-8-6-4-2/h6,8,11-12,14-15,20-21,25-26,28-30,32-33,37,42-43,46H,3-5,7,9-10,13,16-19,22-24,27,31,34-36,38-41H2,1-2H3,(H2,49,50,51)/b8-6-,12-11-,15-14-,21-20-,29-25-,30-26-,32-28-,37-33+/t42?,43-/m1/s1. The Morgan fingerprint density at radius 2 is 1.13 bits per heavy atom. The van der Waals surface area contributed by atoms with E-state index in [1.54, 1.807) is 6.08 Å². The van der Waals surface area contributed by atoms with Gasteiger partial charge in [0.25, 0.3) is 0 Å². The predicted molar refractivity (Wildman–Crippen MR) is 226 cm³/mol. The van der Waals surface area contributed by atoms with E-state index in [-0.39, 0.29) is 19.4 Å². The highest BCUT2D eigenvalue weighted by molar-refractivity contribution is 7.46. The fourth-order valence-corrected chi connectivity index (χ4v) is 5.46. The minimum atomic E-state index is -4.79. The van der Waals surface area contributed by atoms with Gasteiger partial charge in [-0.3, -0.25) is 14.1 Å². The second kappa shape index (κ2) is 39.2. The van der Waals surface area contributed by atoms with Gasteiger partial charge < -0.3 is 24.4 Å². The third kappa shape index (κ3) is 41.9. The fourth-order valence-electron chi connectivity index (χ4n) is 5.10. The number of ether oxygens (including phenoxy) is 2. The Morgan fingerprint density at radius 3 is 1.76 bits per heavy atom. The molecule has 0 fully saturated rings. The molecule has 0 saturated heterocycles. The van der Waals surface area contributed by atoms with Crippen LogP contribution >= 0.6 is 7.82 Å². The number of esters is 2. The number of carbonyl (C=O) groups excluding carboxylic acids is 2. The molecule has 9 nitrogen and oxygen atoms in total. The molecular weight excluding hydrogens is 715 g/mol. The van der Waals surface area contributed by atoms with Crippen molar-refractivity contribution in [2.45, 2.75) is 161 Å². The molecule has 0 aliphatic heterocycles. The van der Waals surface area contributed by atoms with Crippen molar-refractivity contribution in [3.8, 4) is 0 Å². The van der Waals surface area contributed by atoms with Gasteiger partial charge in [-0.05, 0) is 77.0 Å². The molecule has 0 aliphatic rings. The monoisotopic (exact) mass is 788 g/mol. The molecule has 0 heterocycles. The first-order valence-electron chi connectivity index (χ1n) is 20.6. The summed E-state index contributed by atoms with van der Waals surface area (Å²) in [7, 11) is -4.79. The Labute approximate surface area is 333 Å². The lowest BCUT2D eigenvalue weighted by molar-refractivity contribution is -0.161. The van der Waals surface area contributed by atoms with Crippen LogP contribution in [-0.2, 0) is 28.2 Å². The number of phosphoric ester groups is 1. The molecule has 2 atom stereocenters. The van der Waals surface area contributed by atoms with Crippen molar-refractivity contribution in [1.82, 2.24) is 0 Å². The molecule has 0 aromatic heterocycles. The average molecular weight is 789 g/mol. The van der Waals surface area contributed by atoms with Gasteiger partial charge in [0.1, 0.15) is 6.61 Å². The van der Waals surface area contributed by atoms with Gasteiger partial charge in [-0.2, -0.15) is 0 Å². The van der Waals surface area contributed by atoms with Crippen molar-refractivity contribution in [3.05, 3.63) is 97.2 Å². The summed E-state index contributed by atoms with van der Waals surface area (Å²) in [4.78, 5) is 42.8. The molecule has 1 unspecified atom stereocenters. The van der Waals surface area contributed by atoms with Crippen LogP contribution in [0.1, 0.15) is 149 Å². The van der Waals surface area contributed by atoms with Gasteiger partial charge in [0.05, 0.1) is 12.7 Å². The van der Waals surface area contributed by atoms with E-state index >= 15 is 0 Å². The van der Waals surface area contributed by atoms with Crippen LogP contribution in [0.4, 0.5) is 0 Å². The number of phosphoric acid groups is 1. The summed E-state index contributed by atoms with van der Waals surface area (Å²) in [6.45, 7) is 3.39. The van der Waals surface area contributed by atoms with Crippen LogP contribution < -0.4 is 0 Å². The number of carbonyl (C=O) groups is 2. The molecule has 10 heteroatoms. The van der Waals surface area contributed by atoms with Crippen LogP contribution in [-0.4, -0.2) is 52.3 Å². The molecular formula is C45H73O9P. The lowest BCUT2D eigenvalue weighted by atomic mass is 10.1. The summed E-state index contributed by atoms with van der Waals surface area (Å²) in [5.41, 5.74) is 0. The second-order valence-corrected chi connectivity index (χ2v) is 14.7. The number of hydrogen-bond acceptors (Lipinski definition) is 7. The Balaban J connectivity index is 4.15. The third-order valence-corrected chi connectivity index (χ3v) is 8.67. The molecule has 312 valence electrons. The van der Waals surface area contributed by atoms with Gasteiger partial charge >= 0.3 is 19.8 Å². The first kappa shape index (κ1) is 51.9. The largest absolute Gasteiger partial charge is 0.469 e. The van der Waals surface area contributed by atoms with Crippen LogP contribution in [0, 0.1) is 0 Å². The van der Waals surface area contributed by atoms with E-state index in [0.717, 1.165) is 57.8 Å². The van der Waals surface area contributed by atoms with E-state index in [9.17, 15) is 19.3 Å². The summed E-state index contributed by atoms with van der Waals surface area (Å²) >= 11 is 0. The summed E-state index contributed by atoms with van der Waals surface area (Å²) in [6, 6.07) is 0. The highest BCUT2D eigenvalue weighted by Gasteiger charge is 2.22. The Hall–Kier alpha value is -3.07. The van der Waals surface area contributed by atoms with Crippen molar-refractivity contribution < 1.29 is 43.0 Å². The van der Waals surface area contributed by atoms with Crippen LogP contribution in [0.15, 0.2) is 97.2 Å². The Bertz CT molecular complexity index is 1220. The molecule has 0 amide bonds. The van der Waals surface area contributed by atoms with Crippen molar-refractivity contribution in [1.29, 1.82) is 0 Å². The zero-order chi connectivity index (χ0) is 40.5. The molecule has 0 spiro atoms. The first-order chi connectivity index (χ1) is 26.7. The highest BCUT2D eigenvalue weighted by Crippen LogP contribution is 2.36. The van der Waals surface area contributed by atoms with E-state index in [1.807, 2.05) is 48.6 Å². The van der Waals surface area contributed by atoms with E-state index in [4.69, 9.17) is 19.3 Å². The van der Waals surface area contributed by atoms with Gasteiger partial charge in [-0.15, -0.1) is 0 Å². The van der Waals surface area contributed by atoms with Crippen molar-refractivity contribution in [2.24, 2.45) is 0 Å². The van der Waals surface area contributed by atoms with Crippen LogP contribution in [0.25, 0.3) is 0 Å². The zero-order valence-corrected chi connectivity index (χ0v) is 34.8. The maximum absolute atomic E-state index is 12.4. The number of allylic oxidation sites excluding steroid dienone is 14. The maximum atomic E-state index is 12.4. The van der Waals surface area contributed by atoms with E-state index in [0.29, 0.717) is 25.7 Å². The molecule has 55 heavy (non-hydrogen) atoms. The normalized spacial score (nSPS) is 14.1. The first-order valence-corrected chi connectivity index (χ1v) is 22.2.